The first-order valence-electron chi connectivity index (χ1n) is 10.6. The molecule has 0 radical (unpaired) electrons. The lowest BCUT2D eigenvalue weighted by Crippen LogP contribution is -2.51. The number of alkyl halides is 3. The number of pyridine rings is 2. The van der Waals surface area contributed by atoms with Crippen molar-refractivity contribution < 1.29 is 27.5 Å². The van der Waals surface area contributed by atoms with Crippen molar-refractivity contribution in [2.45, 2.75) is 24.7 Å². The summed E-state index contributed by atoms with van der Waals surface area (Å²) in [6.45, 7) is 4.45. The first kappa shape index (κ1) is 22.3. The SMILES string of the molecule is C=C(F)C(=O)N1CC(n2nc(-c3ccc(C(F)(F)F)nc3)c3nccc(N4CCC(O)C4)c32)C1. The maximum absolute atomic E-state index is 13.3. The third kappa shape index (κ3) is 3.77. The van der Waals surface area contributed by atoms with Gasteiger partial charge in [0.15, 0.2) is 5.83 Å². The van der Waals surface area contributed by atoms with E-state index in [4.69, 9.17) is 0 Å². The molecule has 2 fully saturated rings. The van der Waals surface area contributed by atoms with E-state index < -0.39 is 29.7 Å². The molecule has 0 saturated carbocycles. The number of rotatable bonds is 4. The Labute approximate surface area is 191 Å². The minimum absolute atomic E-state index is 0.195. The van der Waals surface area contributed by atoms with Crippen LogP contribution < -0.4 is 4.90 Å². The van der Waals surface area contributed by atoms with E-state index in [0.29, 0.717) is 41.8 Å². The fraction of sp³-hybridized carbons (Fsp3) is 0.364. The van der Waals surface area contributed by atoms with Crippen LogP contribution in [0, 0.1) is 0 Å². The molecular formula is C22H20F4N6O2. The average Bonchev–Trinajstić information content (AvgIpc) is 3.36. The van der Waals surface area contributed by atoms with Gasteiger partial charge in [-0.3, -0.25) is 19.4 Å². The maximum atomic E-state index is 13.3. The van der Waals surface area contributed by atoms with Crippen LogP contribution in [0.15, 0.2) is 43.0 Å². The third-order valence-corrected chi connectivity index (χ3v) is 6.12. The first-order chi connectivity index (χ1) is 16.1. The molecule has 0 bridgehead atoms. The Morgan fingerprint density at radius 1 is 1.15 bits per heavy atom. The van der Waals surface area contributed by atoms with Gasteiger partial charge in [-0.15, -0.1) is 0 Å². The van der Waals surface area contributed by atoms with Crippen molar-refractivity contribution in [3.63, 3.8) is 0 Å². The van der Waals surface area contributed by atoms with Gasteiger partial charge in [0, 0.05) is 44.1 Å². The summed E-state index contributed by atoms with van der Waals surface area (Å²) in [6, 6.07) is 3.67. The Balaban J connectivity index is 1.59. The van der Waals surface area contributed by atoms with Crippen molar-refractivity contribution in [3.8, 4) is 11.3 Å². The van der Waals surface area contributed by atoms with Gasteiger partial charge in [-0.2, -0.15) is 18.3 Å². The summed E-state index contributed by atoms with van der Waals surface area (Å²) >= 11 is 0. The van der Waals surface area contributed by atoms with Crippen molar-refractivity contribution in [3.05, 3.63) is 48.7 Å². The molecule has 5 rings (SSSR count). The van der Waals surface area contributed by atoms with E-state index in [9.17, 15) is 27.5 Å². The van der Waals surface area contributed by atoms with E-state index in [1.807, 2.05) is 4.90 Å². The van der Waals surface area contributed by atoms with Crippen molar-refractivity contribution in [1.29, 1.82) is 0 Å². The second kappa shape index (κ2) is 8.05. The zero-order valence-electron chi connectivity index (χ0n) is 17.8. The number of hydrogen-bond acceptors (Lipinski definition) is 6. The molecule has 2 saturated heterocycles. The van der Waals surface area contributed by atoms with Crippen molar-refractivity contribution >= 4 is 22.6 Å². The predicted octanol–water partition coefficient (Wildman–Crippen LogP) is 2.95. The number of anilines is 1. The monoisotopic (exact) mass is 476 g/mol. The first-order valence-corrected chi connectivity index (χ1v) is 10.6. The summed E-state index contributed by atoms with van der Waals surface area (Å²) in [5.41, 5.74) is 1.53. The van der Waals surface area contributed by atoms with Gasteiger partial charge in [0.05, 0.1) is 17.8 Å². The number of fused-ring (bicyclic) bond motifs is 1. The van der Waals surface area contributed by atoms with Crippen LogP contribution in [-0.2, 0) is 11.0 Å². The summed E-state index contributed by atoms with van der Waals surface area (Å²) in [5.74, 6) is -1.84. The Kier molecular flexibility index (Phi) is 5.27. The molecule has 178 valence electrons. The molecule has 8 nitrogen and oxygen atoms in total. The lowest BCUT2D eigenvalue weighted by Gasteiger charge is -2.39. The highest BCUT2D eigenvalue weighted by Crippen LogP contribution is 2.38. The van der Waals surface area contributed by atoms with Gasteiger partial charge in [-0.25, -0.2) is 4.39 Å². The largest absolute Gasteiger partial charge is 0.433 e. The van der Waals surface area contributed by atoms with Crippen molar-refractivity contribution in [2.24, 2.45) is 0 Å². The summed E-state index contributed by atoms with van der Waals surface area (Å²) in [6.07, 6.45) is -1.76. The lowest BCUT2D eigenvalue weighted by atomic mass is 10.1. The quantitative estimate of drug-likeness (QED) is 0.460. The second-order valence-corrected chi connectivity index (χ2v) is 8.41. The Hall–Kier alpha value is -3.54. The van der Waals surface area contributed by atoms with Gasteiger partial charge < -0.3 is 14.9 Å². The highest BCUT2D eigenvalue weighted by molar-refractivity contribution is 5.98. The normalized spacial score (nSPS) is 19.0. The molecule has 12 heteroatoms. The number of nitrogens with zero attached hydrogens (tertiary/aromatic N) is 6. The summed E-state index contributed by atoms with van der Waals surface area (Å²) in [7, 11) is 0. The summed E-state index contributed by atoms with van der Waals surface area (Å²) < 4.78 is 53.8. The Bertz CT molecular complexity index is 1270. The highest BCUT2D eigenvalue weighted by Gasteiger charge is 2.37. The average molecular weight is 476 g/mol. The van der Waals surface area contributed by atoms with Crippen molar-refractivity contribution in [2.75, 3.05) is 31.1 Å². The number of hydrogen-bond donors (Lipinski definition) is 1. The van der Waals surface area contributed by atoms with Crippen LogP contribution in [0.4, 0.5) is 23.2 Å². The van der Waals surface area contributed by atoms with E-state index in [-0.39, 0.29) is 19.1 Å². The molecule has 2 aliphatic rings. The number of β-amino-alcohol motifs (C(OH)–C–C–N with tert-alkyl or cyclic N) is 1. The molecular weight excluding hydrogens is 456 g/mol. The molecule has 1 atom stereocenters. The number of aliphatic hydroxyl groups is 1. The fourth-order valence-electron chi connectivity index (χ4n) is 4.37. The number of halogens is 4. The van der Waals surface area contributed by atoms with E-state index in [0.717, 1.165) is 18.0 Å². The van der Waals surface area contributed by atoms with Gasteiger partial charge in [-0.1, -0.05) is 6.58 Å². The maximum Gasteiger partial charge on any atom is 0.433 e. The molecule has 5 heterocycles. The van der Waals surface area contributed by atoms with E-state index in [2.05, 4.69) is 21.6 Å². The van der Waals surface area contributed by atoms with Gasteiger partial charge >= 0.3 is 6.18 Å². The minimum Gasteiger partial charge on any atom is -0.391 e. The minimum atomic E-state index is -4.57. The number of aliphatic hydroxyl groups excluding tert-OH is 1. The number of carbonyl (C=O) groups excluding carboxylic acids is 1. The third-order valence-electron chi connectivity index (χ3n) is 6.12. The van der Waals surface area contributed by atoms with Gasteiger partial charge in [0.2, 0.25) is 0 Å². The summed E-state index contributed by atoms with van der Waals surface area (Å²) in [5, 5.41) is 14.7. The van der Waals surface area contributed by atoms with Gasteiger partial charge in [0.1, 0.15) is 22.4 Å². The fourth-order valence-corrected chi connectivity index (χ4v) is 4.37. The van der Waals surface area contributed by atoms with Crippen LogP contribution in [0.5, 0.6) is 0 Å². The molecule has 0 aromatic carbocycles. The number of amides is 1. The zero-order chi connectivity index (χ0) is 24.2. The van der Waals surface area contributed by atoms with Gasteiger partial charge in [0.25, 0.3) is 5.91 Å². The van der Waals surface area contributed by atoms with Crippen LogP contribution >= 0.6 is 0 Å². The summed E-state index contributed by atoms with van der Waals surface area (Å²) in [4.78, 5) is 23.2. The lowest BCUT2D eigenvalue weighted by molar-refractivity contribution is -0.141. The van der Waals surface area contributed by atoms with Crippen molar-refractivity contribution in [1.82, 2.24) is 24.6 Å². The molecule has 1 unspecified atom stereocenters. The Morgan fingerprint density at radius 3 is 2.50 bits per heavy atom. The molecule has 2 aliphatic heterocycles. The second-order valence-electron chi connectivity index (χ2n) is 8.41. The molecule has 0 aliphatic carbocycles. The van der Waals surface area contributed by atoms with Crippen LogP contribution in [0.2, 0.25) is 0 Å². The predicted molar refractivity (Wildman–Crippen MR) is 114 cm³/mol. The van der Waals surface area contributed by atoms with Gasteiger partial charge in [-0.05, 0) is 24.6 Å². The molecule has 0 spiro atoms. The highest BCUT2D eigenvalue weighted by atomic mass is 19.4. The van der Waals surface area contributed by atoms with Crippen LogP contribution in [0.3, 0.4) is 0 Å². The van der Waals surface area contributed by atoms with E-state index >= 15 is 0 Å². The smallest absolute Gasteiger partial charge is 0.391 e. The molecule has 3 aromatic rings. The molecule has 1 N–H and O–H groups in total. The van der Waals surface area contributed by atoms with Crippen LogP contribution in [-0.4, -0.2) is 67.9 Å². The van der Waals surface area contributed by atoms with E-state index in [1.165, 1.54) is 11.0 Å². The van der Waals surface area contributed by atoms with E-state index in [1.54, 1.807) is 16.9 Å². The molecule has 34 heavy (non-hydrogen) atoms. The topological polar surface area (TPSA) is 87.4 Å². The zero-order valence-corrected chi connectivity index (χ0v) is 17.8. The molecule has 3 aromatic heterocycles. The number of likely N-dealkylation sites (tertiary alicyclic amines) is 1. The molecule has 1 amide bonds. The van der Waals surface area contributed by atoms with Crippen LogP contribution in [0.1, 0.15) is 18.2 Å². The number of aromatic nitrogens is 4. The standard InChI is InChI=1S/C22H20F4N6O2/c1-12(23)21(34)31-9-14(10-31)32-20-16(30-7-5-15(33)11-30)4-6-27-19(20)18(29-32)13-2-3-17(28-8-13)22(24,25)26/h2-4,6,8,14-15,33H,1,5,7,9-11H2. The van der Waals surface area contributed by atoms with Crippen LogP contribution in [0.25, 0.3) is 22.3 Å². The Morgan fingerprint density at radius 2 is 1.91 bits per heavy atom. The number of carbonyl (C=O) groups is 1.